The Morgan fingerprint density at radius 2 is 1.55 bits per heavy atom. The lowest BCUT2D eigenvalue weighted by Crippen LogP contribution is -2.43. The normalized spacial score (nSPS) is 32.4. The number of unbranched alkanes of at least 4 members (excludes halogenated alkanes) is 1. The van der Waals surface area contributed by atoms with Crippen molar-refractivity contribution in [2.45, 2.75) is 83.6 Å². The number of hydrogen-bond donors (Lipinski definition) is 2. The molecule has 0 bridgehead atoms. The predicted molar refractivity (Wildman–Crippen MR) is 88.1 cm³/mol. The van der Waals surface area contributed by atoms with Crippen molar-refractivity contribution in [1.82, 2.24) is 5.32 Å². The van der Waals surface area contributed by atoms with Gasteiger partial charge in [-0.1, -0.05) is 26.2 Å². The van der Waals surface area contributed by atoms with Gasteiger partial charge >= 0.3 is 0 Å². The molecule has 0 heterocycles. The van der Waals surface area contributed by atoms with Gasteiger partial charge in [0.25, 0.3) is 0 Å². The summed E-state index contributed by atoms with van der Waals surface area (Å²) in [6, 6.07) is 0.251. The molecule has 126 valence electrons. The van der Waals surface area contributed by atoms with Gasteiger partial charge in [-0.15, -0.1) is 0 Å². The minimum atomic E-state index is -0.185. The molecule has 2 aliphatic rings. The highest BCUT2D eigenvalue weighted by Gasteiger charge is 2.29. The Bertz CT molecular complexity index is 367. The smallest absolute Gasteiger partial charge is 0.223 e. The number of primary amides is 1. The van der Waals surface area contributed by atoms with Crippen LogP contribution in [0.1, 0.15) is 77.6 Å². The van der Waals surface area contributed by atoms with Gasteiger partial charge in [0.1, 0.15) is 0 Å². The van der Waals surface area contributed by atoms with Crippen molar-refractivity contribution in [3.05, 3.63) is 0 Å². The van der Waals surface area contributed by atoms with E-state index < -0.39 is 0 Å². The zero-order chi connectivity index (χ0) is 15.9. The van der Waals surface area contributed by atoms with Crippen molar-refractivity contribution in [2.75, 3.05) is 0 Å². The Balaban J connectivity index is 1.67. The third kappa shape index (κ3) is 4.99. The number of nitrogens with two attached hydrogens (primary N) is 1. The molecule has 0 aromatic carbocycles. The van der Waals surface area contributed by atoms with Crippen molar-refractivity contribution in [1.29, 1.82) is 0 Å². The fourth-order valence-corrected chi connectivity index (χ4v) is 4.05. The second kappa shape index (κ2) is 8.54. The summed E-state index contributed by atoms with van der Waals surface area (Å²) >= 11 is 0. The van der Waals surface area contributed by atoms with Gasteiger partial charge in [-0.05, 0) is 57.3 Å². The van der Waals surface area contributed by atoms with Crippen LogP contribution in [0.3, 0.4) is 0 Å². The van der Waals surface area contributed by atoms with E-state index in [2.05, 4.69) is 12.2 Å². The quantitative estimate of drug-likeness (QED) is 0.791. The van der Waals surface area contributed by atoms with Crippen LogP contribution in [0, 0.1) is 17.8 Å². The van der Waals surface area contributed by atoms with E-state index in [1.807, 2.05) is 0 Å². The van der Waals surface area contributed by atoms with Crippen LogP contribution in [0.4, 0.5) is 0 Å². The van der Waals surface area contributed by atoms with Gasteiger partial charge < -0.3 is 11.1 Å². The monoisotopic (exact) mass is 308 g/mol. The maximum absolute atomic E-state index is 12.4. The molecule has 0 aliphatic heterocycles. The molecule has 0 aromatic heterocycles. The van der Waals surface area contributed by atoms with Gasteiger partial charge in [-0.3, -0.25) is 9.59 Å². The third-order valence-corrected chi connectivity index (χ3v) is 5.66. The van der Waals surface area contributed by atoms with Crippen molar-refractivity contribution >= 4 is 11.8 Å². The Morgan fingerprint density at radius 3 is 2.09 bits per heavy atom. The molecule has 0 spiro atoms. The lowest BCUT2D eigenvalue weighted by Gasteiger charge is -2.31. The first-order valence-corrected chi connectivity index (χ1v) is 9.19. The Morgan fingerprint density at radius 1 is 0.955 bits per heavy atom. The van der Waals surface area contributed by atoms with Gasteiger partial charge in [0.15, 0.2) is 0 Å². The molecular formula is C18H32N2O2. The van der Waals surface area contributed by atoms with E-state index in [0.717, 1.165) is 44.4 Å². The molecule has 0 radical (unpaired) electrons. The summed E-state index contributed by atoms with van der Waals surface area (Å²) < 4.78 is 0. The first kappa shape index (κ1) is 17.3. The average molecular weight is 308 g/mol. The lowest BCUT2D eigenvalue weighted by atomic mass is 9.79. The third-order valence-electron chi connectivity index (χ3n) is 5.66. The molecule has 22 heavy (non-hydrogen) atoms. The first-order chi connectivity index (χ1) is 10.6. The summed E-state index contributed by atoms with van der Waals surface area (Å²) in [7, 11) is 0. The van der Waals surface area contributed by atoms with Gasteiger partial charge in [-0.2, -0.15) is 0 Å². The van der Waals surface area contributed by atoms with Crippen LogP contribution in [0.2, 0.25) is 0 Å². The molecule has 0 aromatic rings. The summed E-state index contributed by atoms with van der Waals surface area (Å²) in [6.45, 7) is 2.24. The van der Waals surface area contributed by atoms with Crippen LogP contribution in [-0.4, -0.2) is 17.9 Å². The Kier molecular flexibility index (Phi) is 6.71. The Labute approximate surface area is 134 Å². The van der Waals surface area contributed by atoms with Gasteiger partial charge in [-0.25, -0.2) is 0 Å². The number of nitrogens with one attached hydrogen (secondary N) is 1. The number of amides is 2. The number of carbonyl (C=O) groups is 2. The topological polar surface area (TPSA) is 72.2 Å². The minimum Gasteiger partial charge on any atom is -0.369 e. The molecule has 2 fully saturated rings. The standard InChI is InChI=1S/C18H32N2O2/c1-2-3-4-13-5-7-15(8-6-13)18(22)20-16-11-9-14(10-12-16)17(19)21/h13-16H,2-12H2,1H3,(H2,19,21)(H,20,22). The van der Waals surface area contributed by atoms with E-state index in [1.165, 1.54) is 32.1 Å². The van der Waals surface area contributed by atoms with Crippen LogP contribution in [0.15, 0.2) is 0 Å². The van der Waals surface area contributed by atoms with Crippen molar-refractivity contribution in [3.8, 4) is 0 Å². The second-order valence-electron chi connectivity index (χ2n) is 7.32. The van der Waals surface area contributed by atoms with Crippen LogP contribution >= 0.6 is 0 Å². The molecule has 0 atom stereocenters. The largest absolute Gasteiger partial charge is 0.369 e. The summed E-state index contributed by atoms with van der Waals surface area (Å²) in [6.07, 6.45) is 11.9. The number of hydrogen-bond acceptors (Lipinski definition) is 2. The van der Waals surface area contributed by atoms with E-state index in [9.17, 15) is 9.59 Å². The molecule has 3 N–H and O–H groups in total. The van der Waals surface area contributed by atoms with Crippen LogP contribution in [0.5, 0.6) is 0 Å². The lowest BCUT2D eigenvalue weighted by molar-refractivity contribution is -0.127. The van der Waals surface area contributed by atoms with Crippen molar-refractivity contribution in [2.24, 2.45) is 23.5 Å². The molecule has 2 saturated carbocycles. The van der Waals surface area contributed by atoms with E-state index in [-0.39, 0.29) is 29.7 Å². The molecule has 4 heteroatoms. The highest BCUT2D eigenvalue weighted by Crippen LogP contribution is 2.32. The summed E-state index contributed by atoms with van der Waals surface area (Å²) in [4.78, 5) is 23.6. The fourth-order valence-electron chi connectivity index (χ4n) is 4.05. The second-order valence-corrected chi connectivity index (χ2v) is 7.32. The van der Waals surface area contributed by atoms with E-state index in [0.29, 0.717) is 0 Å². The maximum atomic E-state index is 12.4. The molecule has 0 saturated heterocycles. The van der Waals surface area contributed by atoms with Crippen LogP contribution in [-0.2, 0) is 9.59 Å². The maximum Gasteiger partial charge on any atom is 0.223 e. The molecule has 2 amide bonds. The highest BCUT2D eigenvalue weighted by atomic mass is 16.2. The van der Waals surface area contributed by atoms with Crippen molar-refractivity contribution < 1.29 is 9.59 Å². The van der Waals surface area contributed by atoms with Crippen LogP contribution in [0.25, 0.3) is 0 Å². The summed E-state index contributed by atoms with van der Waals surface area (Å²) in [5.41, 5.74) is 5.35. The number of rotatable bonds is 6. The zero-order valence-electron chi connectivity index (χ0n) is 14.0. The molecule has 2 rings (SSSR count). The summed E-state index contributed by atoms with van der Waals surface area (Å²) in [5, 5.41) is 3.22. The van der Waals surface area contributed by atoms with Crippen molar-refractivity contribution in [3.63, 3.8) is 0 Å². The van der Waals surface area contributed by atoms with Gasteiger partial charge in [0.2, 0.25) is 11.8 Å². The molecule has 4 nitrogen and oxygen atoms in total. The SMILES string of the molecule is CCCCC1CCC(C(=O)NC2CCC(C(N)=O)CC2)CC1. The number of carbonyl (C=O) groups excluding carboxylic acids is 2. The Hall–Kier alpha value is -1.06. The fraction of sp³-hybridized carbons (Fsp3) is 0.889. The first-order valence-electron chi connectivity index (χ1n) is 9.19. The predicted octanol–water partition coefficient (Wildman–Crippen LogP) is 3.14. The molecular weight excluding hydrogens is 276 g/mol. The van der Waals surface area contributed by atoms with Crippen LogP contribution < -0.4 is 11.1 Å². The molecule has 0 unspecified atom stereocenters. The summed E-state index contributed by atoms with van der Waals surface area (Å²) in [5.74, 6) is 1.13. The average Bonchev–Trinajstić information content (AvgIpc) is 2.54. The van der Waals surface area contributed by atoms with E-state index in [4.69, 9.17) is 5.73 Å². The van der Waals surface area contributed by atoms with E-state index in [1.54, 1.807) is 0 Å². The molecule has 2 aliphatic carbocycles. The van der Waals surface area contributed by atoms with E-state index >= 15 is 0 Å². The zero-order valence-corrected chi connectivity index (χ0v) is 14.0. The van der Waals surface area contributed by atoms with Gasteiger partial charge in [0, 0.05) is 17.9 Å². The van der Waals surface area contributed by atoms with Gasteiger partial charge in [0.05, 0.1) is 0 Å². The highest BCUT2D eigenvalue weighted by molar-refractivity contribution is 5.79. The minimum absolute atomic E-state index is 0.0159.